The van der Waals surface area contributed by atoms with E-state index in [2.05, 4.69) is 4.90 Å². The molecule has 6 nitrogen and oxygen atoms in total. The van der Waals surface area contributed by atoms with Gasteiger partial charge in [-0.25, -0.2) is 12.8 Å². The third-order valence-corrected chi connectivity index (χ3v) is 7.77. The predicted molar refractivity (Wildman–Crippen MR) is 112 cm³/mol. The highest BCUT2D eigenvalue weighted by molar-refractivity contribution is 7.89. The van der Waals surface area contributed by atoms with Gasteiger partial charge in [-0.1, -0.05) is 30.3 Å². The van der Waals surface area contributed by atoms with Gasteiger partial charge in [-0.2, -0.15) is 4.31 Å². The van der Waals surface area contributed by atoms with Crippen LogP contribution in [0, 0.1) is 5.82 Å². The lowest BCUT2D eigenvalue weighted by molar-refractivity contribution is -0.136. The fraction of sp³-hybridized carbons (Fsp3) is 0.409. The molecule has 2 aromatic carbocycles. The molecule has 0 N–H and O–H groups in total. The van der Waals surface area contributed by atoms with E-state index >= 15 is 0 Å². The third kappa shape index (κ3) is 4.26. The van der Waals surface area contributed by atoms with E-state index in [-0.39, 0.29) is 23.9 Å². The second-order valence-corrected chi connectivity index (χ2v) is 9.68. The van der Waals surface area contributed by atoms with Crippen LogP contribution in [-0.2, 0) is 14.8 Å². The Morgan fingerprint density at radius 2 is 1.43 bits per heavy atom. The Morgan fingerprint density at radius 3 is 2.03 bits per heavy atom. The van der Waals surface area contributed by atoms with Crippen LogP contribution in [0.25, 0.3) is 0 Å². The predicted octanol–water partition coefficient (Wildman–Crippen LogP) is 2.50. The van der Waals surface area contributed by atoms with E-state index in [1.54, 1.807) is 0 Å². The molecule has 2 heterocycles. The van der Waals surface area contributed by atoms with Gasteiger partial charge in [0.2, 0.25) is 15.9 Å². The SMILES string of the molecule is O=C([C@@H](c1ccccc1)N1CCN(S(=O)(=O)c2ccc(F)cc2)CC1)N1CCCC1. The van der Waals surface area contributed by atoms with Crippen LogP contribution in [0.1, 0.15) is 24.4 Å². The molecule has 0 radical (unpaired) electrons. The maximum absolute atomic E-state index is 13.3. The lowest BCUT2D eigenvalue weighted by Crippen LogP contribution is -2.52. The second kappa shape index (κ2) is 8.83. The molecular weight excluding hydrogens is 405 g/mol. The fourth-order valence-corrected chi connectivity index (χ4v) is 5.64. The standard InChI is InChI=1S/C22H26FN3O3S/c23-19-8-10-20(11-9-19)30(28,29)26-16-14-24(15-17-26)21(18-6-2-1-3-7-18)22(27)25-12-4-5-13-25/h1-3,6-11,21H,4-5,12-17H2/t21-/m1/s1. The number of likely N-dealkylation sites (tertiary alicyclic amines) is 1. The van der Waals surface area contributed by atoms with E-state index < -0.39 is 21.9 Å². The normalized spacial score (nSPS) is 19.7. The van der Waals surface area contributed by atoms with Crippen LogP contribution < -0.4 is 0 Å². The number of sulfonamides is 1. The third-order valence-electron chi connectivity index (χ3n) is 5.86. The number of amides is 1. The van der Waals surface area contributed by atoms with Crippen LogP contribution in [0.2, 0.25) is 0 Å². The van der Waals surface area contributed by atoms with Crippen LogP contribution >= 0.6 is 0 Å². The molecule has 2 aliphatic heterocycles. The highest BCUT2D eigenvalue weighted by atomic mass is 32.2. The van der Waals surface area contributed by atoms with E-state index in [1.807, 2.05) is 35.2 Å². The first-order valence-corrected chi connectivity index (χ1v) is 11.7. The van der Waals surface area contributed by atoms with Crippen molar-refractivity contribution in [2.45, 2.75) is 23.8 Å². The number of piperazine rings is 1. The Balaban J connectivity index is 1.51. The van der Waals surface area contributed by atoms with Gasteiger partial charge in [0.25, 0.3) is 0 Å². The van der Waals surface area contributed by atoms with E-state index in [1.165, 1.54) is 16.4 Å². The Morgan fingerprint density at radius 1 is 0.833 bits per heavy atom. The molecule has 0 aliphatic carbocycles. The minimum atomic E-state index is -3.68. The summed E-state index contributed by atoms with van der Waals surface area (Å²) in [7, 11) is -3.68. The number of carbonyl (C=O) groups excluding carboxylic acids is 1. The molecule has 4 rings (SSSR count). The first-order valence-electron chi connectivity index (χ1n) is 10.3. The van der Waals surface area contributed by atoms with Gasteiger partial charge in [0, 0.05) is 39.3 Å². The zero-order valence-corrected chi connectivity index (χ0v) is 17.6. The minimum absolute atomic E-state index is 0.0881. The zero-order chi connectivity index (χ0) is 21.1. The summed E-state index contributed by atoms with van der Waals surface area (Å²) in [5.41, 5.74) is 0.934. The molecule has 160 valence electrons. The van der Waals surface area contributed by atoms with Crippen molar-refractivity contribution >= 4 is 15.9 Å². The van der Waals surface area contributed by atoms with Crippen LogP contribution in [0.5, 0.6) is 0 Å². The van der Waals surface area contributed by atoms with Crippen molar-refractivity contribution in [3.05, 3.63) is 66.0 Å². The Labute approximate surface area is 176 Å². The average Bonchev–Trinajstić information content (AvgIpc) is 3.30. The molecular formula is C22H26FN3O3S. The highest BCUT2D eigenvalue weighted by Gasteiger charge is 2.36. The van der Waals surface area contributed by atoms with Gasteiger partial charge in [0.1, 0.15) is 11.9 Å². The van der Waals surface area contributed by atoms with Gasteiger partial charge < -0.3 is 4.90 Å². The van der Waals surface area contributed by atoms with Crippen molar-refractivity contribution in [3.63, 3.8) is 0 Å². The molecule has 0 saturated carbocycles. The first-order chi connectivity index (χ1) is 14.5. The number of rotatable bonds is 5. The van der Waals surface area contributed by atoms with E-state index in [0.717, 1.165) is 43.6 Å². The lowest BCUT2D eigenvalue weighted by Gasteiger charge is -2.39. The summed E-state index contributed by atoms with van der Waals surface area (Å²) in [6, 6.07) is 14.2. The number of halogens is 1. The highest BCUT2D eigenvalue weighted by Crippen LogP contribution is 2.28. The molecule has 8 heteroatoms. The van der Waals surface area contributed by atoms with Crippen molar-refractivity contribution in [2.75, 3.05) is 39.3 Å². The molecule has 2 saturated heterocycles. The topological polar surface area (TPSA) is 60.9 Å². The number of hydrogen-bond donors (Lipinski definition) is 0. The van der Waals surface area contributed by atoms with E-state index in [4.69, 9.17) is 0 Å². The number of nitrogens with zero attached hydrogens (tertiary/aromatic N) is 3. The summed E-state index contributed by atoms with van der Waals surface area (Å²) >= 11 is 0. The molecule has 0 bridgehead atoms. The van der Waals surface area contributed by atoms with Gasteiger partial charge in [-0.15, -0.1) is 0 Å². The fourth-order valence-electron chi connectivity index (χ4n) is 4.21. The number of benzene rings is 2. The van der Waals surface area contributed by atoms with Gasteiger partial charge in [0.05, 0.1) is 4.90 Å². The first kappa shape index (κ1) is 21.0. The molecule has 2 fully saturated rings. The zero-order valence-electron chi connectivity index (χ0n) is 16.8. The maximum Gasteiger partial charge on any atom is 0.244 e. The quantitative estimate of drug-likeness (QED) is 0.730. The summed E-state index contributed by atoms with van der Waals surface area (Å²) in [6.45, 7) is 3.05. The van der Waals surface area contributed by atoms with Crippen molar-refractivity contribution < 1.29 is 17.6 Å². The molecule has 0 unspecified atom stereocenters. The summed E-state index contributed by atoms with van der Waals surface area (Å²) < 4.78 is 40.4. The van der Waals surface area contributed by atoms with Crippen LogP contribution in [0.15, 0.2) is 59.5 Å². The largest absolute Gasteiger partial charge is 0.341 e. The Kier molecular flexibility index (Phi) is 6.17. The van der Waals surface area contributed by atoms with Gasteiger partial charge >= 0.3 is 0 Å². The Hall–Kier alpha value is -2.29. The summed E-state index contributed by atoms with van der Waals surface area (Å²) in [5, 5.41) is 0. The molecule has 1 atom stereocenters. The van der Waals surface area contributed by atoms with Crippen LogP contribution in [0.3, 0.4) is 0 Å². The Bertz CT molecular complexity index is 968. The molecule has 2 aliphatic rings. The van der Waals surface area contributed by atoms with E-state index in [0.29, 0.717) is 13.1 Å². The summed E-state index contributed by atoms with van der Waals surface area (Å²) in [6.07, 6.45) is 2.05. The molecule has 30 heavy (non-hydrogen) atoms. The van der Waals surface area contributed by atoms with Crippen LogP contribution in [0.4, 0.5) is 4.39 Å². The summed E-state index contributed by atoms with van der Waals surface area (Å²) in [5.74, 6) is -0.376. The van der Waals surface area contributed by atoms with E-state index in [9.17, 15) is 17.6 Å². The van der Waals surface area contributed by atoms with Crippen molar-refractivity contribution in [2.24, 2.45) is 0 Å². The average molecular weight is 432 g/mol. The van der Waals surface area contributed by atoms with Gasteiger partial charge in [-0.05, 0) is 42.7 Å². The molecule has 1 amide bonds. The molecule has 0 spiro atoms. The summed E-state index contributed by atoms with van der Waals surface area (Å²) in [4.78, 5) is 17.4. The monoisotopic (exact) mass is 431 g/mol. The van der Waals surface area contributed by atoms with Crippen LogP contribution in [-0.4, -0.2) is 67.7 Å². The minimum Gasteiger partial charge on any atom is -0.341 e. The van der Waals surface area contributed by atoms with Crippen molar-refractivity contribution in [1.29, 1.82) is 0 Å². The smallest absolute Gasteiger partial charge is 0.244 e. The van der Waals surface area contributed by atoms with Crippen molar-refractivity contribution in [3.8, 4) is 0 Å². The molecule has 2 aromatic rings. The molecule has 0 aromatic heterocycles. The number of hydrogen-bond acceptors (Lipinski definition) is 4. The second-order valence-electron chi connectivity index (χ2n) is 7.74. The van der Waals surface area contributed by atoms with Gasteiger partial charge in [-0.3, -0.25) is 9.69 Å². The van der Waals surface area contributed by atoms with Gasteiger partial charge in [0.15, 0.2) is 0 Å². The van der Waals surface area contributed by atoms with Crippen molar-refractivity contribution in [1.82, 2.24) is 14.1 Å². The maximum atomic E-state index is 13.3. The lowest BCUT2D eigenvalue weighted by atomic mass is 10.0. The number of carbonyl (C=O) groups is 1.